The van der Waals surface area contributed by atoms with E-state index in [1.807, 2.05) is 0 Å². The fourth-order valence-electron chi connectivity index (χ4n) is 6.78. The van der Waals surface area contributed by atoms with Gasteiger partial charge in [-0.25, -0.2) is 0 Å². The zero-order valence-corrected chi connectivity index (χ0v) is 22.3. The van der Waals surface area contributed by atoms with Crippen molar-refractivity contribution in [3.05, 3.63) is 167 Å². The van der Waals surface area contributed by atoms with E-state index in [-0.39, 0.29) is 5.41 Å². The van der Waals surface area contributed by atoms with Crippen LogP contribution in [-0.2, 0) is 5.41 Å². The Morgan fingerprint density at radius 1 is 0.375 bits per heavy atom. The second-order valence-corrected chi connectivity index (χ2v) is 10.8. The number of aryl methyl sites for hydroxylation is 1. The molecule has 2 aliphatic rings. The summed E-state index contributed by atoms with van der Waals surface area (Å²) >= 11 is 0. The molecule has 0 saturated carbocycles. The molecular formula is C38H28N2. The summed E-state index contributed by atoms with van der Waals surface area (Å²) in [5, 5.41) is 7.18. The van der Waals surface area contributed by atoms with Gasteiger partial charge < -0.3 is 10.6 Å². The van der Waals surface area contributed by atoms with Gasteiger partial charge in [-0.05, 0) is 100.0 Å². The SMILES string of the molecule is Cc1ccc(Nc2ccc(Nc3ccc4c(c3)C3(c5ccccc5-c5ccccc53)c3ccccc3-4)cc2)cc1. The Bertz CT molecular complexity index is 1840. The van der Waals surface area contributed by atoms with E-state index in [0.29, 0.717) is 0 Å². The molecule has 0 fully saturated rings. The lowest BCUT2D eigenvalue weighted by Crippen LogP contribution is -2.25. The van der Waals surface area contributed by atoms with Crippen molar-refractivity contribution in [3.8, 4) is 22.3 Å². The molecule has 0 aliphatic heterocycles. The average Bonchev–Trinajstić information content (AvgIpc) is 3.46. The predicted octanol–water partition coefficient (Wildman–Crippen LogP) is 9.83. The number of rotatable bonds is 4. The number of hydrogen-bond acceptors (Lipinski definition) is 2. The van der Waals surface area contributed by atoms with Crippen molar-refractivity contribution in [1.29, 1.82) is 0 Å². The highest BCUT2D eigenvalue weighted by molar-refractivity contribution is 5.95. The molecule has 0 saturated heterocycles. The van der Waals surface area contributed by atoms with E-state index < -0.39 is 0 Å². The molecule has 1 spiro atoms. The summed E-state index contributed by atoms with van der Waals surface area (Å²) in [5.74, 6) is 0. The van der Waals surface area contributed by atoms with Crippen molar-refractivity contribution in [3.63, 3.8) is 0 Å². The molecule has 6 aromatic carbocycles. The van der Waals surface area contributed by atoms with E-state index in [1.165, 1.54) is 50.1 Å². The minimum absolute atomic E-state index is 0.321. The summed E-state index contributed by atoms with van der Waals surface area (Å²) in [7, 11) is 0. The topological polar surface area (TPSA) is 24.1 Å². The summed E-state index contributed by atoms with van der Waals surface area (Å²) < 4.78 is 0. The third-order valence-corrected chi connectivity index (χ3v) is 8.51. The summed E-state index contributed by atoms with van der Waals surface area (Å²) in [6, 6.07) is 50.7. The van der Waals surface area contributed by atoms with E-state index in [0.717, 1.165) is 22.7 Å². The third-order valence-electron chi connectivity index (χ3n) is 8.51. The number of hydrogen-bond donors (Lipinski definition) is 2. The largest absolute Gasteiger partial charge is 0.356 e. The van der Waals surface area contributed by atoms with Gasteiger partial charge in [0.05, 0.1) is 5.41 Å². The molecule has 0 unspecified atom stereocenters. The molecule has 8 rings (SSSR count). The molecule has 0 heterocycles. The summed E-state index contributed by atoms with van der Waals surface area (Å²) in [4.78, 5) is 0. The Labute approximate surface area is 235 Å². The molecule has 2 N–H and O–H groups in total. The number of benzene rings is 6. The molecule has 6 aromatic rings. The van der Waals surface area contributed by atoms with Crippen LogP contribution in [-0.4, -0.2) is 0 Å². The molecule has 0 bridgehead atoms. The first-order chi connectivity index (χ1) is 19.7. The molecule has 0 radical (unpaired) electrons. The maximum absolute atomic E-state index is 3.69. The number of fused-ring (bicyclic) bond motifs is 10. The van der Waals surface area contributed by atoms with Crippen LogP contribution in [0.15, 0.2) is 140 Å². The van der Waals surface area contributed by atoms with Gasteiger partial charge in [0.15, 0.2) is 0 Å². The second-order valence-electron chi connectivity index (χ2n) is 10.8. The first-order valence-corrected chi connectivity index (χ1v) is 13.9. The minimum atomic E-state index is -0.321. The monoisotopic (exact) mass is 512 g/mol. The van der Waals surface area contributed by atoms with Gasteiger partial charge in [-0.1, -0.05) is 96.6 Å². The van der Waals surface area contributed by atoms with Crippen LogP contribution < -0.4 is 10.6 Å². The van der Waals surface area contributed by atoms with Crippen LogP contribution in [0.2, 0.25) is 0 Å². The molecule has 0 amide bonds. The lowest BCUT2D eigenvalue weighted by molar-refractivity contribution is 0.794. The van der Waals surface area contributed by atoms with Crippen LogP contribution in [0, 0.1) is 6.92 Å². The standard InChI is InChI=1S/C38H28N2/c1-25-14-16-26(17-15-25)39-27-18-20-28(21-19-27)40-29-22-23-33-32-10-4-7-13-36(32)38(37(33)24-29)34-11-5-2-8-30(34)31-9-3-6-12-35(31)38/h2-24,39-40H,1H3. The van der Waals surface area contributed by atoms with E-state index in [4.69, 9.17) is 0 Å². The molecule has 2 heteroatoms. The van der Waals surface area contributed by atoms with Crippen LogP contribution in [0.1, 0.15) is 27.8 Å². The van der Waals surface area contributed by atoms with Crippen molar-refractivity contribution in [2.45, 2.75) is 12.3 Å². The Balaban J connectivity index is 1.21. The van der Waals surface area contributed by atoms with Gasteiger partial charge in [0.25, 0.3) is 0 Å². The zero-order chi connectivity index (χ0) is 26.7. The van der Waals surface area contributed by atoms with Gasteiger partial charge >= 0.3 is 0 Å². The van der Waals surface area contributed by atoms with Gasteiger partial charge in [-0.2, -0.15) is 0 Å². The molecular weight excluding hydrogens is 484 g/mol. The number of anilines is 4. The van der Waals surface area contributed by atoms with Gasteiger partial charge in [-0.3, -0.25) is 0 Å². The predicted molar refractivity (Wildman–Crippen MR) is 167 cm³/mol. The van der Waals surface area contributed by atoms with Gasteiger partial charge in [0, 0.05) is 22.7 Å². The fourth-order valence-corrected chi connectivity index (χ4v) is 6.78. The first kappa shape index (κ1) is 22.9. The summed E-state index contributed by atoms with van der Waals surface area (Å²) in [6.45, 7) is 2.11. The molecule has 0 atom stereocenters. The molecule has 2 nitrogen and oxygen atoms in total. The Morgan fingerprint density at radius 2 is 0.750 bits per heavy atom. The maximum atomic E-state index is 3.69. The molecule has 190 valence electrons. The zero-order valence-electron chi connectivity index (χ0n) is 22.3. The van der Waals surface area contributed by atoms with Crippen molar-refractivity contribution >= 4 is 22.7 Å². The van der Waals surface area contributed by atoms with Crippen LogP contribution in [0.3, 0.4) is 0 Å². The van der Waals surface area contributed by atoms with E-state index in [2.05, 4.69) is 157 Å². The average molecular weight is 513 g/mol. The smallest absolute Gasteiger partial charge is 0.0726 e. The minimum Gasteiger partial charge on any atom is -0.356 e. The van der Waals surface area contributed by atoms with E-state index in [1.54, 1.807) is 0 Å². The summed E-state index contributed by atoms with van der Waals surface area (Å²) in [5.41, 5.74) is 16.0. The Kier molecular flexibility index (Phi) is 4.99. The quantitative estimate of drug-likeness (QED) is 0.245. The molecule has 40 heavy (non-hydrogen) atoms. The van der Waals surface area contributed by atoms with Crippen LogP contribution >= 0.6 is 0 Å². The van der Waals surface area contributed by atoms with Crippen molar-refractivity contribution in [2.75, 3.05) is 10.6 Å². The maximum Gasteiger partial charge on any atom is 0.0726 e. The fraction of sp³-hybridized carbons (Fsp3) is 0.0526. The first-order valence-electron chi connectivity index (χ1n) is 13.9. The van der Waals surface area contributed by atoms with Gasteiger partial charge in [0.1, 0.15) is 0 Å². The normalized spacial score (nSPS) is 13.3. The Hall–Kier alpha value is -5.08. The highest BCUT2D eigenvalue weighted by atomic mass is 14.9. The van der Waals surface area contributed by atoms with Crippen LogP contribution in [0.5, 0.6) is 0 Å². The van der Waals surface area contributed by atoms with Crippen molar-refractivity contribution in [2.24, 2.45) is 0 Å². The molecule has 0 aromatic heterocycles. The second kappa shape index (κ2) is 8.72. The Morgan fingerprint density at radius 3 is 1.25 bits per heavy atom. The van der Waals surface area contributed by atoms with Gasteiger partial charge in [0.2, 0.25) is 0 Å². The third kappa shape index (κ3) is 3.29. The van der Waals surface area contributed by atoms with Crippen molar-refractivity contribution in [1.82, 2.24) is 0 Å². The lowest BCUT2D eigenvalue weighted by Gasteiger charge is -2.30. The van der Waals surface area contributed by atoms with E-state index >= 15 is 0 Å². The highest BCUT2D eigenvalue weighted by Gasteiger charge is 2.51. The van der Waals surface area contributed by atoms with Gasteiger partial charge in [-0.15, -0.1) is 0 Å². The van der Waals surface area contributed by atoms with E-state index in [9.17, 15) is 0 Å². The van der Waals surface area contributed by atoms with Crippen LogP contribution in [0.25, 0.3) is 22.3 Å². The van der Waals surface area contributed by atoms with Crippen molar-refractivity contribution < 1.29 is 0 Å². The summed E-state index contributed by atoms with van der Waals surface area (Å²) in [6.07, 6.45) is 0. The molecule has 2 aliphatic carbocycles. The highest BCUT2D eigenvalue weighted by Crippen LogP contribution is 2.62. The van der Waals surface area contributed by atoms with Crippen LogP contribution in [0.4, 0.5) is 22.7 Å². The lowest BCUT2D eigenvalue weighted by atomic mass is 9.70. The number of nitrogens with one attached hydrogen (secondary N) is 2.